The number of ketones is 2. The molecule has 0 unspecified atom stereocenters. The van der Waals surface area contributed by atoms with E-state index in [1.165, 1.54) is 0 Å². The van der Waals surface area contributed by atoms with Crippen LogP contribution in [0.3, 0.4) is 0 Å². The van der Waals surface area contributed by atoms with E-state index in [4.69, 9.17) is 0 Å². The third-order valence-electron chi connectivity index (χ3n) is 7.16. The molecule has 1 aliphatic heterocycles. The molecule has 0 aliphatic carbocycles. The minimum absolute atomic E-state index is 0.102. The maximum absolute atomic E-state index is 13.2. The van der Waals surface area contributed by atoms with Crippen molar-refractivity contribution in [1.82, 2.24) is 10.3 Å². The van der Waals surface area contributed by atoms with Gasteiger partial charge in [0.1, 0.15) is 11.6 Å². The molecule has 0 radical (unpaired) electrons. The van der Waals surface area contributed by atoms with Crippen LogP contribution in [0.25, 0.3) is 6.08 Å². The number of hydrogen-bond acceptors (Lipinski definition) is 7. The lowest BCUT2D eigenvalue weighted by Gasteiger charge is -2.34. The summed E-state index contributed by atoms with van der Waals surface area (Å²) in [5.41, 5.74) is 1.48. The first-order valence-corrected chi connectivity index (χ1v) is 13.1. The average Bonchev–Trinajstić information content (AvgIpc) is 3.21. The van der Waals surface area contributed by atoms with Crippen molar-refractivity contribution in [2.75, 3.05) is 0 Å². The number of aryl methyl sites for hydroxylation is 1. The first-order valence-electron chi connectivity index (χ1n) is 12.2. The Hall–Kier alpha value is -2.16. The Morgan fingerprint density at radius 2 is 1.80 bits per heavy atom. The number of nitrogens with one attached hydrogen (secondary N) is 1. The van der Waals surface area contributed by atoms with Crippen LogP contribution in [0, 0.1) is 24.2 Å². The zero-order valence-corrected chi connectivity index (χ0v) is 22.7. The van der Waals surface area contributed by atoms with Crippen molar-refractivity contribution in [3.8, 4) is 0 Å². The molecule has 1 aliphatic rings. The number of carbonyl (C=O) groups excluding carboxylic acids is 3. The molecule has 8 heteroatoms. The average molecular weight is 505 g/mol. The molecule has 0 bridgehead atoms. The zero-order valence-electron chi connectivity index (χ0n) is 21.9. The first-order chi connectivity index (χ1) is 16.2. The Kier molecular flexibility index (Phi) is 10.1. The van der Waals surface area contributed by atoms with Gasteiger partial charge in [0.15, 0.2) is 0 Å². The van der Waals surface area contributed by atoms with Crippen LogP contribution in [-0.2, 0) is 14.4 Å². The molecule has 0 saturated carbocycles. The highest BCUT2D eigenvalue weighted by molar-refractivity contribution is 7.09. The number of thiazole rings is 1. The summed E-state index contributed by atoms with van der Waals surface area (Å²) in [7, 11) is 0. The Bertz CT molecular complexity index is 993. The predicted octanol–water partition coefficient (Wildman–Crippen LogP) is 4.02. The lowest BCUT2D eigenvalue weighted by atomic mass is 9.72. The van der Waals surface area contributed by atoms with Gasteiger partial charge in [-0.2, -0.15) is 0 Å². The van der Waals surface area contributed by atoms with Crippen LogP contribution in [-0.4, -0.2) is 50.9 Å². The first kappa shape index (κ1) is 29.1. The van der Waals surface area contributed by atoms with E-state index in [0.29, 0.717) is 12.8 Å². The van der Waals surface area contributed by atoms with E-state index in [9.17, 15) is 24.6 Å². The summed E-state index contributed by atoms with van der Waals surface area (Å²) in [5.74, 6) is -2.40. The van der Waals surface area contributed by atoms with E-state index in [1.807, 2.05) is 38.3 Å². The van der Waals surface area contributed by atoms with Gasteiger partial charge in [-0.25, -0.2) is 4.98 Å². The molecule has 2 rings (SSSR count). The van der Waals surface area contributed by atoms with Crippen LogP contribution >= 0.6 is 11.3 Å². The second-order valence-electron chi connectivity index (χ2n) is 10.4. The van der Waals surface area contributed by atoms with Gasteiger partial charge in [0.25, 0.3) is 0 Å². The molecular formula is C27H40N2O5S. The number of aliphatic hydroxyl groups excluding tert-OH is 2. The standard InChI is InChI=1S/C27H40N2O5S/c1-15-8-10-21(16(2)12-20-14-35-19(5)28-20)29-24(32)13-23(31)27(6,7)26(34)18(4)25(33)17(3)22(30)11-9-15/h8,12,14,17-18,21,23,25,31,33H,9-11,13H2,1-7H3,(H,29,32)/b15-8-,16-12+/t17-,18+,21-,23-,25-/m0/s1. The minimum Gasteiger partial charge on any atom is -0.392 e. The summed E-state index contributed by atoms with van der Waals surface area (Å²) in [6.45, 7) is 12.2. The van der Waals surface area contributed by atoms with Crippen LogP contribution in [0.4, 0.5) is 0 Å². The fourth-order valence-electron chi connectivity index (χ4n) is 4.32. The van der Waals surface area contributed by atoms with Gasteiger partial charge in [-0.05, 0) is 45.3 Å². The number of Topliss-reactive ketones (excluding diaryl/α,β-unsaturated/α-hetero) is 2. The number of carbonyl (C=O) groups is 3. The quantitative estimate of drug-likeness (QED) is 0.524. The smallest absolute Gasteiger partial charge is 0.223 e. The Morgan fingerprint density at radius 3 is 2.40 bits per heavy atom. The number of hydrogen-bond donors (Lipinski definition) is 3. The number of amides is 1. The molecule has 3 N–H and O–H groups in total. The third-order valence-corrected chi connectivity index (χ3v) is 7.95. The van der Waals surface area contributed by atoms with E-state index < -0.39 is 29.5 Å². The fraction of sp³-hybridized carbons (Fsp3) is 0.630. The van der Waals surface area contributed by atoms with E-state index in [1.54, 1.807) is 39.0 Å². The molecule has 0 fully saturated rings. The predicted molar refractivity (Wildman–Crippen MR) is 139 cm³/mol. The highest BCUT2D eigenvalue weighted by Crippen LogP contribution is 2.31. The SMILES string of the molecule is C/C1=C/C[C@@H](/C(C)=C/c2csc(C)n2)NC(=O)C[C@H](O)C(C)(C)C(=O)[C@H](C)[C@@H](O)[C@@H](C)C(=O)CC1. The number of nitrogens with zero attached hydrogens (tertiary/aromatic N) is 1. The van der Waals surface area contributed by atoms with E-state index in [0.717, 1.165) is 21.8 Å². The van der Waals surface area contributed by atoms with Crippen LogP contribution in [0.15, 0.2) is 22.6 Å². The Morgan fingerprint density at radius 1 is 1.14 bits per heavy atom. The molecule has 1 aromatic heterocycles. The van der Waals surface area contributed by atoms with Crippen LogP contribution in [0.5, 0.6) is 0 Å². The highest BCUT2D eigenvalue weighted by atomic mass is 32.1. The molecule has 35 heavy (non-hydrogen) atoms. The minimum atomic E-state index is -1.27. The van der Waals surface area contributed by atoms with Gasteiger partial charge in [0.2, 0.25) is 5.91 Å². The number of aliphatic hydroxyl groups is 2. The maximum Gasteiger partial charge on any atom is 0.223 e. The third kappa shape index (κ3) is 7.66. The monoisotopic (exact) mass is 504 g/mol. The van der Waals surface area contributed by atoms with Crippen LogP contribution < -0.4 is 5.32 Å². The highest BCUT2D eigenvalue weighted by Gasteiger charge is 2.42. The molecule has 7 nitrogen and oxygen atoms in total. The molecule has 0 aromatic carbocycles. The molecule has 0 saturated heterocycles. The summed E-state index contributed by atoms with van der Waals surface area (Å²) in [6, 6.07) is -0.325. The Labute approximate surface area is 212 Å². The van der Waals surface area contributed by atoms with Crippen molar-refractivity contribution in [1.29, 1.82) is 0 Å². The van der Waals surface area contributed by atoms with Crippen molar-refractivity contribution < 1.29 is 24.6 Å². The summed E-state index contributed by atoms with van der Waals surface area (Å²) < 4.78 is 0. The van der Waals surface area contributed by atoms with E-state index in [-0.39, 0.29) is 36.4 Å². The van der Waals surface area contributed by atoms with E-state index >= 15 is 0 Å². The Balaban J connectivity index is 2.38. The van der Waals surface area contributed by atoms with Gasteiger partial charge in [-0.1, -0.05) is 39.3 Å². The molecule has 1 aromatic rings. The molecule has 5 atom stereocenters. The molecule has 1 amide bonds. The van der Waals surface area contributed by atoms with Crippen LogP contribution in [0.2, 0.25) is 0 Å². The number of rotatable bonds is 2. The van der Waals surface area contributed by atoms with Gasteiger partial charge < -0.3 is 15.5 Å². The number of aromatic nitrogens is 1. The zero-order chi connectivity index (χ0) is 26.5. The second-order valence-corrected chi connectivity index (χ2v) is 11.5. The van der Waals surface area contributed by atoms with Crippen molar-refractivity contribution in [3.63, 3.8) is 0 Å². The lowest BCUT2D eigenvalue weighted by molar-refractivity contribution is -0.144. The summed E-state index contributed by atoms with van der Waals surface area (Å²) in [6.07, 6.45) is 2.62. The maximum atomic E-state index is 13.2. The van der Waals surface area contributed by atoms with Crippen molar-refractivity contribution in [2.45, 2.75) is 92.4 Å². The topological polar surface area (TPSA) is 117 Å². The largest absolute Gasteiger partial charge is 0.392 e. The fourth-order valence-corrected chi connectivity index (χ4v) is 4.89. The van der Waals surface area contributed by atoms with Gasteiger partial charge in [0.05, 0.1) is 40.8 Å². The summed E-state index contributed by atoms with van der Waals surface area (Å²) >= 11 is 1.55. The normalized spacial score (nSPS) is 31.6. The molecule has 0 spiro atoms. The summed E-state index contributed by atoms with van der Waals surface area (Å²) in [5, 5.41) is 27.5. The van der Waals surface area contributed by atoms with Gasteiger partial charge in [-0.15, -0.1) is 11.3 Å². The van der Waals surface area contributed by atoms with Crippen molar-refractivity contribution in [3.05, 3.63) is 33.3 Å². The van der Waals surface area contributed by atoms with Gasteiger partial charge in [0, 0.05) is 23.6 Å². The number of allylic oxidation sites excluding steroid dienone is 1. The molecule has 2 heterocycles. The van der Waals surface area contributed by atoms with Gasteiger partial charge >= 0.3 is 0 Å². The van der Waals surface area contributed by atoms with Crippen molar-refractivity contribution in [2.24, 2.45) is 17.3 Å². The van der Waals surface area contributed by atoms with Crippen molar-refractivity contribution >= 4 is 34.9 Å². The molecule has 194 valence electrons. The van der Waals surface area contributed by atoms with Gasteiger partial charge in [-0.3, -0.25) is 14.4 Å². The molecular weight excluding hydrogens is 464 g/mol. The lowest BCUT2D eigenvalue weighted by Crippen LogP contribution is -2.47. The summed E-state index contributed by atoms with van der Waals surface area (Å²) in [4.78, 5) is 43.3. The second kappa shape index (κ2) is 12.2. The van der Waals surface area contributed by atoms with E-state index in [2.05, 4.69) is 10.3 Å². The van der Waals surface area contributed by atoms with Crippen LogP contribution in [0.1, 0.15) is 77.9 Å².